The van der Waals surface area contributed by atoms with Gasteiger partial charge in [-0.1, -0.05) is 6.07 Å². The van der Waals surface area contributed by atoms with Gasteiger partial charge in [0.1, 0.15) is 0 Å². The third-order valence-corrected chi connectivity index (χ3v) is 3.87. The molecule has 0 saturated carbocycles. The zero-order chi connectivity index (χ0) is 9.97. The van der Waals surface area contributed by atoms with E-state index in [1.165, 1.54) is 21.2 Å². The van der Waals surface area contributed by atoms with Crippen LogP contribution in [-0.4, -0.2) is 6.26 Å². The van der Waals surface area contributed by atoms with E-state index in [9.17, 15) is 0 Å². The van der Waals surface area contributed by atoms with Gasteiger partial charge in [0.05, 0.1) is 0 Å². The van der Waals surface area contributed by atoms with Crippen LogP contribution < -0.4 is 5.73 Å². The van der Waals surface area contributed by atoms with Crippen molar-refractivity contribution in [3.63, 3.8) is 0 Å². The van der Waals surface area contributed by atoms with Gasteiger partial charge in [0.2, 0.25) is 0 Å². The maximum absolute atomic E-state index is 5.63. The van der Waals surface area contributed by atoms with Gasteiger partial charge < -0.3 is 5.73 Å². The Balaban J connectivity index is 2.52. The molecule has 14 heavy (non-hydrogen) atoms. The van der Waals surface area contributed by atoms with Gasteiger partial charge in [0, 0.05) is 17.0 Å². The topological polar surface area (TPSA) is 26.0 Å². The first kappa shape index (κ1) is 10.0. The van der Waals surface area contributed by atoms with Crippen molar-refractivity contribution in [2.45, 2.75) is 12.3 Å². The Kier molecular flexibility index (Phi) is 3.11. The van der Waals surface area contributed by atoms with Gasteiger partial charge in [-0.3, -0.25) is 0 Å². The van der Waals surface area contributed by atoms with Gasteiger partial charge in [-0.2, -0.15) is 11.8 Å². The summed E-state index contributed by atoms with van der Waals surface area (Å²) in [5, 5.41) is 3.63. The number of fused-ring (bicyclic) bond motifs is 1. The maximum atomic E-state index is 5.63. The predicted molar refractivity (Wildman–Crippen MR) is 66.9 cm³/mol. The van der Waals surface area contributed by atoms with Crippen LogP contribution >= 0.6 is 23.1 Å². The monoisotopic (exact) mass is 223 g/mol. The van der Waals surface area contributed by atoms with Crippen LogP contribution in [0.3, 0.4) is 0 Å². The van der Waals surface area contributed by atoms with Crippen LogP contribution in [0.1, 0.15) is 11.1 Å². The van der Waals surface area contributed by atoms with Gasteiger partial charge in [-0.25, -0.2) is 0 Å². The molecule has 3 heteroatoms. The van der Waals surface area contributed by atoms with Crippen LogP contribution in [0, 0.1) is 0 Å². The fourth-order valence-electron chi connectivity index (χ4n) is 1.52. The molecule has 1 aromatic heterocycles. The Bertz CT molecular complexity index is 434. The Morgan fingerprint density at radius 1 is 1.43 bits per heavy atom. The Morgan fingerprint density at radius 2 is 2.29 bits per heavy atom. The molecule has 1 nitrogen and oxygen atoms in total. The molecule has 2 aromatic rings. The molecule has 1 aromatic carbocycles. The molecule has 0 fully saturated rings. The molecule has 0 spiro atoms. The van der Waals surface area contributed by atoms with Gasteiger partial charge in [-0.15, -0.1) is 11.3 Å². The van der Waals surface area contributed by atoms with E-state index in [0.717, 1.165) is 5.75 Å². The summed E-state index contributed by atoms with van der Waals surface area (Å²) < 4.78 is 1.37. The van der Waals surface area contributed by atoms with Crippen molar-refractivity contribution in [2.24, 2.45) is 5.73 Å². The fraction of sp³-hybridized carbons (Fsp3) is 0.273. The van der Waals surface area contributed by atoms with Crippen LogP contribution in [-0.2, 0) is 12.3 Å². The second-order valence-corrected chi connectivity index (χ2v) is 5.01. The molecule has 74 valence electrons. The fourth-order valence-corrected chi connectivity index (χ4v) is 3.12. The summed E-state index contributed by atoms with van der Waals surface area (Å²) in [5.74, 6) is 1.09. The molecule has 0 aliphatic heterocycles. The Hall–Kier alpha value is -0.510. The average Bonchev–Trinajstić information content (AvgIpc) is 2.61. The van der Waals surface area contributed by atoms with Crippen molar-refractivity contribution in [2.75, 3.05) is 6.26 Å². The molecular formula is C11H13NS2. The first-order valence-corrected chi connectivity index (χ1v) is 6.80. The number of rotatable bonds is 3. The Morgan fingerprint density at radius 3 is 3.00 bits per heavy atom. The molecule has 0 saturated heterocycles. The molecule has 0 aliphatic carbocycles. The highest BCUT2D eigenvalue weighted by Gasteiger charge is 2.03. The number of hydrogen-bond acceptors (Lipinski definition) is 3. The van der Waals surface area contributed by atoms with Gasteiger partial charge >= 0.3 is 0 Å². The molecular weight excluding hydrogens is 210 g/mol. The minimum absolute atomic E-state index is 0.629. The zero-order valence-corrected chi connectivity index (χ0v) is 9.75. The maximum Gasteiger partial charge on any atom is 0.0346 e. The number of benzene rings is 1. The van der Waals surface area contributed by atoms with E-state index in [1.54, 1.807) is 0 Å². The highest BCUT2D eigenvalue weighted by molar-refractivity contribution is 7.97. The molecule has 0 atom stereocenters. The third-order valence-electron chi connectivity index (χ3n) is 2.25. The lowest BCUT2D eigenvalue weighted by Crippen LogP contribution is -1.95. The SMILES string of the molecule is CSCc1csc2ccc(CN)cc12. The van der Waals surface area contributed by atoms with Gasteiger partial charge in [0.15, 0.2) is 0 Å². The van der Waals surface area contributed by atoms with Crippen LogP contribution in [0.5, 0.6) is 0 Å². The summed E-state index contributed by atoms with van der Waals surface area (Å²) in [4.78, 5) is 0. The van der Waals surface area contributed by atoms with Crippen molar-refractivity contribution < 1.29 is 0 Å². The van der Waals surface area contributed by atoms with Crippen LogP contribution in [0.25, 0.3) is 10.1 Å². The molecule has 0 amide bonds. The first-order valence-electron chi connectivity index (χ1n) is 4.53. The lowest BCUT2D eigenvalue weighted by atomic mass is 10.1. The van der Waals surface area contributed by atoms with Gasteiger partial charge in [0.25, 0.3) is 0 Å². The first-order chi connectivity index (χ1) is 6.85. The van der Waals surface area contributed by atoms with E-state index in [2.05, 4.69) is 29.8 Å². The summed E-state index contributed by atoms with van der Waals surface area (Å²) in [7, 11) is 0. The van der Waals surface area contributed by atoms with E-state index in [-0.39, 0.29) is 0 Å². The Labute approximate surface area is 92.3 Å². The number of hydrogen-bond donors (Lipinski definition) is 1. The summed E-state index contributed by atoms with van der Waals surface area (Å²) in [6.45, 7) is 0.629. The molecule has 0 unspecified atom stereocenters. The standard InChI is InChI=1S/C11H13NS2/c1-13-6-9-7-14-11-3-2-8(5-12)4-10(9)11/h2-4,7H,5-6,12H2,1H3. The minimum atomic E-state index is 0.629. The minimum Gasteiger partial charge on any atom is -0.326 e. The van der Waals surface area contributed by atoms with E-state index in [0.29, 0.717) is 6.54 Å². The molecule has 1 heterocycles. The summed E-state index contributed by atoms with van der Waals surface area (Å²) in [6, 6.07) is 6.51. The van der Waals surface area contributed by atoms with Crippen LogP contribution in [0.2, 0.25) is 0 Å². The van der Waals surface area contributed by atoms with Crippen LogP contribution in [0.15, 0.2) is 23.6 Å². The number of thiophene rings is 1. The highest BCUT2D eigenvalue weighted by Crippen LogP contribution is 2.29. The van der Waals surface area contributed by atoms with Crippen LogP contribution in [0.4, 0.5) is 0 Å². The second kappa shape index (κ2) is 4.34. The average molecular weight is 223 g/mol. The lowest BCUT2D eigenvalue weighted by Gasteiger charge is -1.99. The second-order valence-electron chi connectivity index (χ2n) is 3.23. The van der Waals surface area contributed by atoms with E-state index >= 15 is 0 Å². The number of thioether (sulfide) groups is 1. The number of nitrogens with two attached hydrogens (primary N) is 1. The molecule has 0 radical (unpaired) electrons. The van der Waals surface area contributed by atoms with Crippen molar-refractivity contribution in [3.05, 3.63) is 34.7 Å². The van der Waals surface area contributed by atoms with E-state index in [1.807, 2.05) is 23.1 Å². The largest absolute Gasteiger partial charge is 0.326 e. The summed E-state index contributed by atoms with van der Waals surface area (Å²) in [6.07, 6.45) is 2.14. The molecule has 0 aliphatic rings. The van der Waals surface area contributed by atoms with Gasteiger partial charge in [-0.05, 0) is 40.3 Å². The molecule has 2 N–H and O–H groups in total. The van der Waals surface area contributed by atoms with Crippen molar-refractivity contribution in [3.8, 4) is 0 Å². The smallest absolute Gasteiger partial charge is 0.0346 e. The van der Waals surface area contributed by atoms with Crippen molar-refractivity contribution >= 4 is 33.2 Å². The normalized spacial score (nSPS) is 11.0. The van der Waals surface area contributed by atoms with E-state index < -0.39 is 0 Å². The quantitative estimate of drug-likeness (QED) is 0.864. The summed E-state index contributed by atoms with van der Waals surface area (Å²) in [5.41, 5.74) is 8.29. The van der Waals surface area contributed by atoms with Crippen molar-refractivity contribution in [1.29, 1.82) is 0 Å². The highest BCUT2D eigenvalue weighted by atomic mass is 32.2. The lowest BCUT2D eigenvalue weighted by molar-refractivity contribution is 1.08. The predicted octanol–water partition coefficient (Wildman–Crippen LogP) is 3.22. The van der Waals surface area contributed by atoms with Crippen molar-refractivity contribution in [1.82, 2.24) is 0 Å². The molecule has 0 bridgehead atoms. The van der Waals surface area contributed by atoms with E-state index in [4.69, 9.17) is 5.73 Å². The third kappa shape index (κ3) is 1.80. The zero-order valence-electron chi connectivity index (χ0n) is 8.12. The summed E-state index contributed by atoms with van der Waals surface area (Å²) >= 11 is 3.68. The molecule has 2 rings (SSSR count).